The number of hydrogen-bond donors (Lipinski definition) is 1. The van der Waals surface area contributed by atoms with Crippen molar-refractivity contribution in [2.75, 3.05) is 24.5 Å². The van der Waals surface area contributed by atoms with Crippen molar-refractivity contribution in [1.82, 2.24) is 20.5 Å². The van der Waals surface area contributed by atoms with Gasteiger partial charge in [0.1, 0.15) is 5.52 Å². The number of benzene rings is 1. The van der Waals surface area contributed by atoms with Crippen LogP contribution in [0, 0.1) is 5.92 Å². The van der Waals surface area contributed by atoms with Gasteiger partial charge in [-0.05, 0) is 56.8 Å². The molecule has 2 heterocycles. The predicted octanol–water partition coefficient (Wildman–Crippen LogP) is 1.99. The van der Waals surface area contributed by atoms with E-state index in [0.29, 0.717) is 12.0 Å². The van der Waals surface area contributed by atoms with Crippen LogP contribution in [0.3, 0.4) is 0 Å². The summed E-state index contributed by atoms with van der Waals surface area (Å²) >= 11 is 0. The summed E-state index contributed by atoms with van der Waals surface area (Å²) < 4.78 is 0. The molecule has 0 amide bonds. The molecule has 1 atom stereocenters. The zero-order valence-electron chi connectivity index (χ0n) is 12.2. The fourth-order valence-electron chi connectivity index (χ4n) is 3.13. The van der Waals surface area contributed by atoms with E-state index in [2.05, 4.69) is 20.4 Å². The molecule has 1 saturated heterocycles. The van der Waals surface area contributed by atoms with Gasteiger partial charge in [0.05, 0.1) is 5.52 Å². The second-order valence-electron chi connectivity index (χ2n) is 6.20. The maximum atomic E-state index is 4.73. The van der Waals surface area contributed by atoms with Crippen LogP contribution >= 0.6 is 0 Å². The second kappa shape index (κ2) is 5.56. The quantitative estimate of drug-likeness (QED) is 0.930. The average Bonchev–Trinajstić information content (AvgIpc) is 3.38. The van der Waals surface area contributed by atoms with E-state index >= 15 is 0 Å². The lowest BCUT2D eigenvalue weighted by molar-refractivity contribution is 0.374. The highest BCUT2D eigenvalue weighted by Crippen LogP contribution is 2.31. The molecule has 1 saturated carbocycles. The lowest BCUT2D eigenvalue weighted by Gasteiger charge is -2.30. The molecule has 1 aromatic heterocycles. The average molecular weight is 283 g/mol. The third-order valence-electron chi connectivity index (χ3n) is 4.45. The lowest BCUT2D eigenvalue weighted by atomic mass is 9.99. The van der Waals surface area contributed by atoms with Gasteiger partial charge in [-0.25, -0.2) is 4.98 Å². The van der Waals surface area contributed by atoms with Crippen LogP contribution in [0.5, 0.6) is 0 Å². The van der Waals surface area contributed by atoms with E-state index in [1.54, 1.807) is 0 Å². The maximum absolute atomic E-state index is 4.73. The number of anilines is 1. The second-order valence-corrected chi connectivity index (χ2v) is 6.20. The minimum Gasteiger partial charge on any atom is -0.336 e. The highest BCUT2D eigenvalue weighted by Gasteiger charge is 2.33. The van der Waals surface area contributed by atoms with Crippen molar-refractivity contribution in [3.05, 3.63) is 24.3 Å². The number of piperidine rings is 1. The monoisotopic (exact) mass is 283 g/mol. The van der Waals surface area contributed by atoms with E-state index in [9.17, 15) is 0 Å². The highest BCUT2D eigenvalue weighted by molar-refractivity contribution is 5.74. The van der Waals surface area contributed by atoms with E-state index in [0.717, 1.165) is 36.6 Å². The topological polar surface area (TPSA) is 53.9 Å². The van der Waals surface area contributed by atoms with Crippen LogP contribution < -0.4 is 10.2 Å². The van der Waals surface area contributed by atoms with Crippen molar-refractivity contribution < 1.29 is 0 Å². The third-order valence-corrected chi connectivity index (χ3v) is 4.45. The van der Waals surface area contributed by atoms with Crippen LogP contribution in [0.4, 0.5) is 5.95 Å². The minimum absolute atomic E-state index is 0.620. The number of hydrogen-bond acceptors (Lipinski definition) is 5. The molecule has 0 spiro atoms. The molecule has 1 N–H and O–H groups in total. The van der Waals surface area contributed by atoms with Gasteiger partial charge in [0, 0.05) is 12.6 Å². The first kappa shape index (κ1) is 13.0. The van der Waals surface area contributed by atoms with Gasteiger partial charge in [-0.2, -0.15) is 0 Å². The Morgan fingerprint density at radius 1 is 1.10 bits per heavy atom. The summed E-state index contributed by atoms with van der Waals surface area (Å²) in [5.41, 5.74) is 1.81. The van der Waals surface area contributed by atoms with Crippen molar-refractivity contribution in [3.8, 4) is 0 Å². The van der Waals surface area contributed by atoms with Gasteiger partial charge in [-0.3, -0.25) is 0 Å². The highest BCUT2D eigenvalue weighted by atomic mass is 15.3. The molecule has 1 unspecified atom stereocenters. The van der Waals surface area contributed by atoms with Gasteiger partial charge in [0.2, 0.25) is 5.95 Å². The Bertz CT molecular complexity index is 619. The number of nitrogens with one attached hydrogen (secondary N) is 1. The van der Waals surface area contributed by atoms with Crippen LogP contribution in [-0.2, 0) is 0 Å². The number of para-hydroxylation sites is 1. The first-order valence-corrected chi connectivity index (χ1v) is 7.97. The molecule has 5 heteroatoms. The summed E-state index contributed by atoms with van der Waals surface area (Å²) in [6.45, 7) is 3.33. The summed E-state index contributed by atoms with van der Waals surface area (Å²) in [7, 11) is 0. The van der Waals surface area contributed by atoms with E-state index in [1.165, 1.54) is 25.7 Å². The molecule has 2 aromatic rings. The fourth-order valence-corrected chi connectivity index (χ4v) is 3.13. The lowest BCUT2D eigenvalue weighted by Crippen LogP contribution is -2.40. The Balaban J connectivity index is 1.59. The minimum atomic E-state index is 0.620. The maximum Gasteiger partial charge on any atom is 0.246 e. The number of rotatable bonds is 4. The van der Waals surface area contributed by atoms with Gasteiger partial charge in [-0.1, -0.05) is 12.1 Å². The molecule has 110 valence electrons. The molecule has 2 aliphatic rings. The van der Waals surface area contributed by atoms with Crippen LogP contribution in [0.1, 0.15) is 25.7 Å². The molecule has 1 aliphatic carbocycles. The van der Waals surface area contributed by atoms with Gasteiger partial charge in [0.25, 0.3) is 0 Å². The first-order chi connectivity index (χ1) is 10.4. The van der Waals surface area contributed by atoms with Crippen molar-refractivity contribution in [2.45, 2.75) is 31.7 Å². The standard InChI is InChI=1S/C16H21N5/c1-2-6-15-14(5-1)18-16(20-19-15)21(13-7-8-13)11-12-4-3-9-17-10-12/h1-2,5-6,12-13,17H,3-4,7-11H2. The predicted molar refractivity (Wildman–Crippen MR) is 83.3 cm³/mol. The van der Waals surface area contributed by atoms with Gasteiger partial charge < -0.3 is 10.2 Å². The van der Waals surface area contributed by atoms with Crippen LogP contribution in [0.25, 0.3) is 11.0 Å². The Hall–Kier alpha value is -1.75. The van der Waals surface area contributed by atoms with Gasteiger partial charge in [-0.15, -0.1) is 10.2 Å². The normalized spacial score (nSPS) is 22.4. The number of nitrogens with zero attached hydrogens (tertiary/aromatic N) is 4. The summed E-state index contributed by atoms with van der Waals surface area (Å²) in [6.07, 6.45) is 5.10. The fraction of sp³-hybridized carbons (Fsp3) is 0.562. The Morgan fingerprint density at radius 3 is 2.71 bits per heavy atom. The summed E-state index contributed by atoms with van der Waals surface area (Å²) in [5, 5.41) is 12.2. The molecule has 5 nitrogen and oxygen atoms in total. The third kappa shape index (κ3) is 2.83. The van der Waals surface area contributed by atoms with Gasteiger partial charge >= 0.3 is 0 Å². The Kier molecular flexibility index (Phi) is 3.43. The molecule has 0 radical (unpaired) electrons. The molecule has 0 bridgehead atoms. The number of aromatic nitrogens is 3. The summed E-state index contributed by atoms with van der Waals surface area (Å²) in [5.74, 6) is 1.51. The Labute approximate surface area is 124 Å². The van der Waals surface area contributed by atoms with Crippen LogP contribution in [-0.4, -0.2) is 40.9 Å². The molecule has 1 aliphatic heterocycles. The largest absolute Gasteiger partial charge is 0.336 e. The van der Waals surface area contributed by atoms with Crippen molar-refractivity contribution in [3.63, 3.8) is 0 Å². The van der Waals surface area contributed by atoms with Crippen molar-refractivity contribution in [1.29, 1.82) is 0 Å². The molecule has 1 aromatic carbocycles. The summed E-state index contributed by atoms with van der Waals surface area (Å²) in [4.78, 5) is 7.12. The van der Waals surface area contributed by atoms with E-state index < -0.39 is 0 Å². The van der Waals surface area contributed by atoms with E-state index in [4.69, 9.17) is 4.98 Å². The zero-order chi connectivity index (χ0) is 14.1. The van der Waals surface area contributed by atoms with Crippen LogP contribution in [0.2, 0.25) is 0 Å². The van der Waals surface area contributed by atoms with Gasteiger partial charge in [0.15, 0.2) is 0 Å². The Morgan fingerprint density at radius 2 is 1.95 bits per heavy atom. The van der Waals surface area contributed by atoms with Crippen molar-refractivity contribution >= 4 is 17.0 Å². The first-order valence-electron chi connectivity index (χ1n) is 7.97. The summed E-state index contributed by atoms with van der Waals surface area (Å²) in [6, 6.07) is 8.58. The smallest absolute Gasteiger partial charge is 0.246 e. The SMILES string of the molecule is c1ccc2nc(N(CC3CCCNC3)C3CC3)nnc2c1. The molecule has 21 heavy (non-hydrogen) atoms. The molecular weight excluding hydrogens is 262 g/mol. The van der Waals surface area contributed by atoms with E-state index in [1.807, 2.05) is 24.3 Å². The molecule has 4 rings (SSSR count). The zero-order valence-corrected chi connectivity index (χ0v) is 12.2. The van der Waals surface area contributed by atoms with Crippen LogP contribution in [0.15, 0.2) is 24.3 Å². The van der Waals surface area contributed by atoms with E-state index in [-0.39, 0.29) is 0 Å². The van der Waals surface area contributed by atoms with Crippen molar-refractivity contribution in [2.24, 2.45) is 5.92 Å². The number of fused-ring (bicyclic) bond motifs is 1. The molecule has 2 fully saturated rings. The molecular formula is C16H21N5.